The number of anilines is 2. The molecule has 0 unspecified atom stereocenters. The fourth-order valence-electron chi connectivity index (χ4n) is 2.60. The first-order valence-corrected chi connectivity index (χ1v) is 7.94. The molecule has 1 aliphatic heterocycles. The molecule has 120 valence electrons. The standard InChI is InChI=1S/C15H20ClN3O3/c1-17-14-10-12(19(21)22)6-7-13(14)18(11-15(17)20)9-5-3-2-4-8-16/h6-7,10H,2-5,8-9,11H2,1H3. The van der Waals surface area contributed by atoms with Crippen LogP contribution in [-0.4, -0.2) is 36.8 Å². The van der Waals surface area contributed by atoms with Crippen LogP contribution in [0.4, 0.5) is 17.1 Å². The zero-order chi connectivity index (χ0) is 16.1. The van der Waals surface area contributed by atoms with Crippen LogP contribution < -0.4 is 9.80 Å². The van der Waals surface area contributed by atoms with Crippen molar-refractivity contribution in [2.45, 2.75) is 25.7 Å². The summed E-state index contributed by atoms with van der Waals surface area (Å²) in [5.74, 6) is 0.633. The van der Waals surface area contributed by atoms with Crippen molar-refractivity contribution in [1.82, 2.24) is 0 Å². The van der Waals surface area contributed by atoms with E-state index in [0.29, 0.717) is 18.1 Å². The average molecular weight is 326 g/mol. The Labute approximate surface area is 134 Å². The van der Waals surface area contributed by atoms with Crippen molar-refractivity contribution in [3.8, 4) is 0 Å². The maximum atomic E-state index is 12.1. The largest absolute Gasteiger partial charge is 0.361 e. The summed E-state index contributed by atoms with van der Waals surface area (Å²) >= 11 is 5.66. The van der Waals surface area contributed by atoms with Crippen molar-refractivity contribution in [2.24, 2.45) is 0 Å². The number of benzene rings is 1. The van der Waals surface area contributed by atoms with Crippen LogP contribution in [0, 0.1) is 10.1 Å². The summed E-state index contributed by atoms with van der Waals surface area (Å²) in [7, 11) is 1.66. The molecule has 6 nitrogen and oxygen atoms in total. The quantitative estimate of drug-likeness (QED) is 0.334. The topological polar surface area (TPSA) is 66.7 Å². The van der Waals surface area contributed by atoms with Crippen LogP contribution in [0.25, 0.3) is 0 Å². The number of fused-ring (bicyclic) bond motifs is 1. The van der Waals surface area contributed by atoms with Gasteiger partial charge in [0.15, 0.2) is 0 Å². The molecule has 0 aliphatic carbocycles. The Morgan fingerprint density at radius 3 is 2.64 bits per heavy atom. The van der Waals surface area contributed by atoms with Crippen molar-refractivity contribution in [3.05, 3.63) is 28.3 Å². The van der Waals surface area contributed by atoms with Gasteiger partial charge in [-0.15, -0.1) is 11.6 Å². The lowest BCUT2D eigenvalue weighted by molar-refractivity contribution is -0.384. The second-order valence-corrected chi connectivity index (χ2v) is 5.79. The van der Waals surface area contributed by atoms with E-state index in [1.165, 1.54) is 17.0 Å². The second kappa shape index (κ2) is 7.45. The lowest BCUT2D eigenvalue weighted by Gasteiger charge is -2.35. The number of hydrogen-bond acceptors (Lipinski definition) is 4. The molecule has 0 atom stereocenters. The Balaban J connectivity index is 2.12. The molecule has 0 saturated heterocycles. The number of carbonyl (C=O) groups is 1. The van der Waals surface area contributed by atoms with Crippen LogP contribution in [0.15, 0.2) is 18.2 Å². The summed E-state index contributed by atoms with van der Waals surface area (Å²) < 4.78 is 0. The molecule has 0 radical (unpaired) electrons. The number of nitrogens with zero attached hydrogens (tertiary/aromatic N) is 3. The first-order valence-electron chi connectivity index (χ1n) is 7.40. The summed E-state index contributed by atoms with van der Waals surface area (Å²) in [4.78, 5) is 26.0. The van der Waals surface area contributed by atoms with Crippen molar-refractivity contribution < 1.29 is 9.72 Å². The van der Waals surface area contributed by atoms with Crippen molar-refractivity contribution in [3.63, 3.8) is 0 Å². The van der Waals surface area contributed by atoms with Gasteiger partial charge in [0.25, 0.3) is 5.69 Å². The molecule has 1 aromatic rings. The van der Waals surface area contributed by atoms with E-state index >= 15 is 0 Å². The maximum absolute atomic E-state index is 12.1. The first-order chi connectivity index (χ1) is 10.5. The van der Waals surface area contributed by atoms with Gasteiger partial charge >= 0.3 is 0 Å². The van der Waals surface area contributed by atoms with E-state index in [9.17, 15) is 14.9 Å². The third-order valence-corrected chi connectivity index (χ3v) is 4.15. The fourth-order valence-corrected chi connectivity index (χ4v) is 2.79. The predicted octanol–water partition coefficient (Wildman–Crippen LogP) is 3.18. The third-order valence-electron chi connectivity index (χ3n) is 3.88. The van der Waals surface area contributed by atoms with Gasteiger partial charge in [0.2, 0.25) is 5.91 Å². The molecule has 1 aromatic carbocycles. The highest BCUT2D eigenvalue weighted by Crippen LogP contribution is 2.35. The molecule has 0 N–H and O–H groups in total. The number of halogens is 1. The van der Waals surface area contributed by atoms with Gasteiger partial charge in [-0.25, -0.2) is 0 Å². The summed E-state index contributed by atoms with van der Waals surface area (Å²) in [5, 5.41) is 10.9. The molecule has 22 heavy (non-hydrogen) atoms. The molecule has 0 spiro atoms. The van der Waals surface area contributed by atoms with Crippen LogP contribution in [0.5, 0.6) is 0 Å². The summed E-state index contributed by atoms with van der Waals surface area (Å²) in [6, 6.07) is 4.69. The Kier molecular flexibility index (Phi) is 5.60. The zero-order valence-corrected chi connectivity index (χ0v) is 13.4. The van der Waals surface area contributed by atoms with Gasteiger partial charge in [0, 0.05) is 31.6 Å². The van der Waals surface area contributed by atoms with Crippen LogP contribution in [0.1, 0.15) is 25.7 Å². The lowest BCUT2D eigenvalue weighted by atomic mass is 10.1. The third kappa shape index (κ3) is 3.68. The van der Waals surface area contributed by atoms with Crippen LogP contribution in [0.2, 0.25) is 0 Å². The van der Waals surface area contributed by atoms with Crippen molar-refractivity contribution in [1.29, 1.82) is 0 Å². The number of nitro benzene ring substituents is 1. The number of hydrogen-bond donors (Lipinski definition) is 0. The van der Waals surface area contributed by atoms with E-state index in [0.717, 1.165) is 37.9 Å². The fraction of sp³-hybridized carbons (Fsp3) is 0.533. The van der Waals surface area contributed by atoms with E-state index in [1.807, 2.05) is 4.90 Å². The number of rotatable bonds is 7. The van der Waals surface area contributed by atoms with Crippen LogP contribution in [0.3, 0.4) is 0 Å². The molecule has 0 aromatic heterocycles. The van der Waals surface area contributed by atoms with E-state index in [2.05, 4.69) is 0 Å². The summed E-state index contributed by atoms with van der Waals surface area (Å²) in [6.45, 7) is 1.09. The maximum Gasteiger partial charge on any atom is 0.271 e. The second-order valence-electron chi connectivity index (χ2n) is 5.41. The molecule has 7 heteroatoms. The van der Waals surface area contributed by atoms with E-state index in [1.54, 1.807) is 13.1 Å². The van der Waals surface area contributed by atoms with Crippen LogP contribution >= 0.6 is 11.6 Å². The minimum Gasteiger partial charge on any atom is -0.361 e. The van der Waals surface area contributed by atoms with Gasteiger partial charge in [-0.2, -0.15) is 0 Å². The van der Waals surface area contributed by atoms with Crippen molar-refractivity contribution >= 4 is 34.6 Å². The smallest absolute Gasteiger partial charge is 0.271 e. The Bertz CT molecular complexity index is 565. The number of alkyl halides is 1. The molecule has 0 bridgehead atoms. The van der Waals surface area contributed by atoms with Crippen LogP contribution in [-0.2, 0) is 4.79 Å². The molecular formula is C15H20ClN3O3. The van der Waals surface area contributed by atoms with Gasteiger partial charge < -0.3 is 9.80 Å². The molecule has 1 heterocycles. The number of nitro groups is 1. The molecule has 2 rings (SSSR count). The first kappa shape index (κ1) is 16.5. The molecule has 0 fully saturated rings. The van der Waals surface area contributed by atoms with E-state index < -0.39 is 4.92 Å². The monoisotopic (exact) mass is 325 g/mol. The SMILES string of the molecule is CN1C(=O)CN(CCCCCCCl)c2ccc([N+](=O)[O-])cc21. The van der Waals surface area contributed by atoms with Gasteiger partial charge in [-0.1, -0.05) is 12.8 Å². The number of likely N-dealkylation sites (N-methyl/N-ethyl adjacent to an activating group) is 1. The Morgan fingerprint density at radius 2 is 1.95 bits per heavy atom. The number of unbranched alkanes of at least 4 members (excludes halogenated alkanes) is 3. The molecular weight excluding hydrogens is 306 g/mol. The highest BCUT2D eigenvalue weighted by molar-refractivity contribution is 6.17. The summed E-state index contributed by atoms with van der Waals surface area (Å²) in [5.41, 5.74) is 1.48. The number of carbonyl (C=O) groups excluding carboxylic acids is 1. The predicted molar refractivity (Wildman–Crippen MR) is 87.9 cm³/mol. The Hall–Kier alpha value is -1.82. The van der Waals surface area contributed by atoms with Gasteiger partial charge in [-0.3, -0.25) is 14.9 Å². The molecule has 0 saturated carbocycles. The highest BCUT2D eigenvalue weighted by atomic mass is 35.5. The van der Waals surface area contributed by atoms with Crippen molar-refractivity contribution in [2.75, 3.05) is 35.8 Å². The minimum absolute atomic E-state index is 0.00219. The highest BCUT2D eigenvalue weighted by Gasteiger charge is 2.28. The molecule has 1 aliphatic rings. The van der Waals surface area contributed by atoms with E-state index in [4.69, 9.17) is 11.6 Å². The zero-order valence-electron chi connectivity index (χ0n) is 12.6. The van der Waals surface area contributed by atoms with Gasteiger partial charge in [-0.05, 0) is 18.9 Å². The number of non-ortho nitro benzene ring substituents is 1. The lowest BCUT2D eigenvalue weighted by Crippen LogP contribution is -2.44. The summed E-state index contributed by atoms with van der Waals surface area (Å²) in [6.07, 6.45) is 4.13. The Morgan fingerprint density at radius 1 is 1.23 bits per heavy atom. The number of amides is 1. The van der Waals surface area contributed by atoms with E-state index in [-0.39, 0.29) is 11.6 Å². The minimum atomic E-state index is -0.441. The average Bonchev–Trinajstić information content (AvgIpc) is 2.51. The normalized spacial score (nSPS) is 14.2. The van der Waals surface area contributed by atoms with Gasteiger partial charge in [0.1, 0.15) is 0 Å². The van der Waals surface area contributed by atoms with Gasteiger partial charge in [0.05, 0.1) is 22.8 Å². The molecule has 1 amide bonds.